The maximum atomic E-state index is 2.17. The molecule has 0 radical (unpaired) electrons. The molecule has 0 aromatic rings. The van der Waals surface area contributed by atoms with E-state index in [1.807, 2.05) is 0 Å². The second kappa shape index (κ2) is 7.37. The summed E-state index contributed by atoms with van der Waals surface area (Å²) in [5, 5.41) is 0. The molecule has 0 aliphatic carbocycles. The van der Waals surface area contributed by atoms with E-state index in [0.717, 1.165) is 6.42 Å². The van der Waals surface area contributed by atoms with E-state index in [-0.39, 0.29) is 0 Å². The Morgan fingerprint density at radius 1 is 0.857 bits per heavy atom. The molecule has 0 saturated heterocycles. The average Bonchev–Trinajstić information content (AvgIpc) is 2.14. The monoisotopic (exact) mass is 190 g/mol. The van der Waals surface area contributed by atoms with Crippen molar-refractivity contribution in [3.63, 3.8) is 0 Å². The molecule has 0 atom stereocenters. The lowest BCUT2D eigenvalue weighted by atomic mass is 10.1. The van der Waals surface area contributed by atoms with Crippen LogP contribution in [0.25, 0.3) is 0 Å². The van der Waals surface area contributed by atoms with Crippen LogP contribution in [0.15, 0.2) is 47.1 Å². The molecule has 0 aromatic heterocycles. The third kappa shape index (κ3) is 6.47. The second-order valence-corrected chi connectivity index (χ2v) is 3.78. The molecule has 0 heteroatoms. The van der Waals surface area contributed by atoms with E-state index in [9.17, 15) is 0 Å². The molecule has 0 heterocycles. The summed E-state index contributed by atoms with van der Waals surface area (Å²) in [5.74, 6) is 0. The SMILES string of the molecule is CC\C=C/C=C(C)/C(C)=C/C=C(C)C. The molecule has 14 heavy (non-hydrogen) atoms. The van der Waals surface area contributed by atoms with Gasteiger partial charge in [0, 0.05) is 0 Å². The molecule has 0 aromatic carbocycles. The first kappa shape index (κ1) is 13.0. The Morgan fingerprint density at radius 3 is 1.93 bits per heavy atom. The Labute approximate surface area is 88.7 Å². The van der Waals surface area contributed by atoms with Crippen LogP contribution in [0.5, 0.6) is 0 Å². The molecule has 78 valence electrons. The molecule has 0 amide bonds. The van der Waals surface area contributed by atoms with Crippen LogP contribution in [-0.2, 0) is 0 Å². The molecular weight excluding hydrogens is 168 g/mol. The molecule has 0 aliphatic heterocycles. The van der Waals surface area contributed by atoms with E-state index >= 15 is 0 Å². The molecule has 0 N–H and O–H groups in total. The van der Waals surface area contributed by atoms with Crippen molar-refractivity contribution in [2.75, 3.05) is 0 Å². The first-order chi connectivity index (χ1) is 6.57. The van der Waals surface area contributed by atoms with Crippen molar-refractivity contribution in [1.29, 1.82) is 0 Å². The first-order valence-electron chi connectivity index (χ1n) is 5.23. The van der Waals surface area contributed by atoms with Crippen LogP contribution < -0.4 is 0 Å². The third-order valence-corrected chi connectivity index (χ3v) is 2.01. The Hall–Kier alpha value is -1.04. The van der Waals surface area contributed by atoms with E-state index < -0.39 is 0 Å². The Balaban J connectivity index is 4.45. The molecule has 0 saturated carbocycles. The summed E-state index contributed by atoms with van der Waals surface area (Å²) in [5.41, 5.74) is 3.99. The highest BCUT2D eigenvalue weighted by molar-refractivity contribution is 5.33. The predicted octanol–water partition coefficient (Wildman–Crippen LogP) is 4.81. The zero-order chi connectivity index (χ0) is 11.0. The maximum Gasteiger partial charge on any atom is -0.0376 e. The van der Waals surface area contributed by atoms with Crippen molar-refractivity contribution in [3.05, 3.63) is 47.1 Å². The number of allylic oxidation sites excluding steroid dienone is 8. The summed E-state index contributed by atoms with van der Waals surface area (Å²) in [4.78, 5) is 0. The summed E-state index contributed by atoms with van der Waals surface area (Å²) < 4.78 is 0. The van der Waals surface area contributed by atoms with Gasteiger partial charge in [0.25, 0.3) is 0 Å². The van der Waals surface area contributed by atoms with Gasteiger partial charge in [-0.1, -0.05) is 42.9 Å². The fraction of sp³-hybridized carbons (Fsp3) is 0.429. The standard InChI is InChI=1S/C14H22/c1-6-7-8-9-13(4)14(5)11-10-12(2)3/h7-11H,6H2,1-5H3/b8-7-,13-9+,14-11+. The van der Waals surface area contributed by atoms with Crippen LogP contribution in [0.2, 0.25) is 0 Å². The predicted molar refractivity (Wildman–Crippen MR) is 66.4 cm³/mol. The second-order valence-electron chi connectivity index (χ2n) is 3.78. The summed E-state index contributed by atoms with van der Waals surface area (Å²) >= 11 is 0. The van der Waals surface area contributed by atoms with E-state index in [0.29, 0.717) is 0 Å². The fourth-order valence-electron chi connectivity index (χ4n) is 0.903. The maximum absolute atomic E-state index is 2.17. The van der Waals surface area contributed by atoms with Crippen molar-refractivity contribution in [3.8, 4) is 0 Å². The van der Waals surface area contributed by atoms with Crippen LogP contribution >= 0.6 is 0 Å². The number of hydrogen-bond donors (Lipinski definition) is 0. The Bertz CT molecular complexity index is 268. The van der Waals surface area contributed by atoms with Crippen LogP contribution in [0.1, 0.15) is 41.0 Å². The van der Waals surface area contributed by atoms with Gasteiger partial charge in [0.1, 0.15) is 0 Å². The lowest BCUT2D eigenvalue weighted by Crippen LogP contribution is -1.77. The molecule has 0 aliphatic rings. The van der Waals surface area contributed by atoms with Crippen molar-refractivity contribution < 1.29 is 0 Å². The summed E-state index contributed by atoms with van der Waals surface area (Å²) in [7, 11) is 0. The topological polar surface area (TPSA) is 0 Å². The molecule has 0 rings (SSSR count). The zero-order valence-corrected chi connectivity index (χ0v) is 10.1. The minimum Gasteiger partial charge on any atom is -0.0848 e. The molecule has 0 bridgehead atoms. The van der Waals surface area contributed by atoms with Crippen molar-refractivity contribution in [2.24, 2.45) is 0 Å². The van der Waals surface area contributed by atoms with E-state index in [2.05, 4.69) is 65.0 Å². The lowest BCUT2D eigenvalue weighted by molar-refractivity contribution is 1.22. The van der Waals surface area contributed by atoms with Crippen molar-refractivity contribution in [2.45, 2.75) is 41.0 Å². The van der Waals surface area contributed by atoms with E-state index in [1.54, 1.807) is 0 Å². The summed E-state index contributed by atoms with van der Waals surface area (Å²) in [6.45, 7) is 10.7. The number of rotatable bonds is 4. The first-order valence-corrected chi connectivity index (χ1v) is 5.23. The van der Waals surface area contributed by atoms with Gasteiger partial charge in [0.2, 0.25) is 0 Å². The number of hydrogen-bond acceptors (Lipinski definition) is 0. The smallest absolute Gasteiger partial charge is 0.0376 e. The molecule has 0 spiro atoms. The van der Waals surface area contributed by atoms with Crippen LogP contribution in [0, 0.1) is 0 Å². The third-order valence-electron chi connectivity index (χ3n) is 2.01. The van der Waals surface area contributed by atoms with Gasteiger partial charge in [-0.3, -0.25) is 0 Å². The Kier molecular flexibility index (Phi) is 6.82. The van der Waals surface area contributed by atoms with Crippen molar-refractivity contribution in [1.82, 2.24) is 0 Å². The van der Waals surface area contributed by atoms with Crippen LogP contribution in [0.4, 0.5) is 0 Å². The summed E-state index contributed by atoms with van der Waals surface area (Å²) in [6.07, 6.45) is 11.9. The van der Waals surface area contributed by atoms with E-state index in [1.165, 1.54) is 16.7 Å². The van der Waals surface area contributed by atoms with Gasteiger partial charge >= 0.3 is 0 Å². The zero-order valence-electron chi connectivity index (χ0n) is 10.1. The van der Waals surface area contributed by atoms with Gasteiger partial charge in [0.05, 0.1) is 0 Å². The molecule has 0 fully saturated rings. The minimum absolute atomic E-state index is 1.10. The average molecular weight is 190 g/mol. The fourth-order valence-corrected chi connectivity index (χ4v) is 0.903. The van der Waals surface area contributed by atoms with Crippen LogP contribution in [-0.4, -0.2) is 0 Å². The van der Waals surface area contributed by atoms with Gasteiger partial charge in [-0.2, -0.15) is 0 Å². The minimum atomic E-state index is 1.10. The van der Waals surface area contributed by atoms with Gasteiger partial charge in [-0.15, -0.1) is 0 Å². The molecule has 0 nitrogen and oxygen atoms in total. The highest BCUT2D eigenvalue weighted by Crippen LogP contribution is 2.09. The van der Waals surface area contributed by atoms with Gasteiger partial charge in [0.15, 0.2) is 0 Å². The highest BCUT2D eigenvalue weighted by Gasteiger charge is 1.88. The van der Waals surface area contributed by atoms with Crippen LogP contribution in [0.3, 0.4) is 0 Å². The molecule has 0 unspecified atom stereocenters. The normalized spacial score (nSPS) is 13.5. The van der Waals surface area contributed by atoms with Gasteiger partial charge < -0.3 is 0 Å². The van der Waals surface area contributed by atoms with Crippen molar-refractivity contribution >= 4 is 0 Å². The van der Waals surface area contributed by atoms with Gasteiger partial charge in [-0.05, 0) is 45.3 Å². The lowest BCUT2D eigenvalue weighted by Gasteiger charge is -1.98. The van der Waals surface area contributed by atoms with E-state index in [4.69, 9.17) is 0 Å². The van der Waals surface area contributed by atoms with Gasteiger partial charge in [-0.25, -0.2) is 0 Å². The largest absolute Gasteiger partial charge is 0.0848 e. The summed E-state index contributed by atoms with van der Waals surface area (Å²) in [6, 6.07) is 0. The highest BCUT2D eigenvalue weighted by atomic mass is 13.9. The quantitative estimate of drug-likeness (QED) is 0.558. The molecular formula is C14H22. The Morgan fingerprint density at radius 2 is 1.43 bits per heavy atom.